The molecule has 1 aromatic heterocycles. The Kier molecular flexibility index (Phi) is 3.94. The third-order valence-corrected chi connectivity index (χ3v) is 4.12. The summed E-state index contributed by atoms with van der Waals surface area (Å²) in [6, 6.07) is 0.497. The van der Waals surface area contributed by atoms with Crippen molar-refractivity contribution in [2.75, 3.05) is 5.75 Å². The maximum atomic E-state index is 4.60. The molecule has 5 nitrogen and oxygen atoms in total. The maximum Gasteiger partial charge on any atom is 0.157 e. The zero-order valence-corrected chi connectivity index (χ0v) is 12.3. The fourth-order valence-electron chi connectivity index (χ4n) is 1.87. The van der Waals surface area contributed by atoms with Crippen molar-refractivity contribution < 1.29 is 0 Å². The minimum Gasteiger partial charge on any atom is -0.362 e. The molecule has 1 N–H and O–H groups in total. The first kappa shape index (κ1) is 13.4. The first-order valence-electron chi connectivity index (χ1n) is 6.23. The number of thioether (sulfide) groups is 1. The molecular weight excluding hydrogens is 246 g/mol. The average molecular weight is 267 g/mol. The van der Waals surface area contributed by atoms with Gasteiger partial charge in [-0.05, 0) is 11.8 Å². The van der Waals surface area contributed by atoms with Crippen molar-refractivity contribution in [2.24, 2.45) is 17.5 Å². The van der Waals surface area contributed by atoms with Crippen LogP contribution in [0.4, 0.5) is 0 Å². The molecule has 0 radical (unpaired) electrons. The van der Waals surface area contributed by atoms with E-state index in [0.717, 1.165) is 16.7 Å². The zero-order valence-electron chi connectivity index (χ0n) is 11.5. The van der Waals surface area contributed by atoms with E-state index in [1.54, 1.807) is 18.1 Å². The monoisotopic (exact) mass is 267 g/mol. The van der Waals surface area contributed by atoms with Crippen LogP contribution in [0.15, 0.2) is 11.3 Å². The van der Waals surface area contributed by atoms with Crippen molar-refractivity contribution in [3.63, 3.8) is 0 Å². The van der Waals surface area contributed by atoms with Gasteiger partial charge in [0.2, 0.25) is 0 Å². The number of aryl methyl sites for hydroxylation is 1. The van der Waals surface area contributed by atoms with Crippen LogP contribution >= 0.6 is 11.8 Å². The van der Waals surface area contributed by atoms with Crippen molar-refractivity contribution in [3.8, 4) is 0 Å². The van der Waals surface area contributed by atoms with Gasteiger partial charge in [-0.25, -0.2) is 0 Å². The van der Waals surface area contributed by atoms with Crippen molar-refractivity contribution in [2.45, 2.75) is 39.8 Å². The minimum atomic E-state index is 0.270. The highest BCUT2D eigenvalue weighted by Gasteiger charge is 2.28. The van der Waals surface area contributed by atoms with Gasteiger partial charge in [0.15, 0.2) is 11.0 Å². The number of nitrogens with one attached hydrogen (secondary N) is 1. The first-order chi connectivity index (χ1) is 8.47. The van der Waals surface area contributed by atoms with Crippen LogP contribution in [0.1, 0.15) is 33.0 Å². The van der Waals surface area contributed by atoms with Crippen LogP contribution in [0.3, 0.4) is 0 Å². The predicted octanol–water partition coefficient (Wildman–Crippen LogP) is 1.81. The van der Waals surface area contributed by atoms with Crippen LogP contribution in [0.25, 0.3) is 0 Å². The first-order valence-corrected chi connectivity index (χ1v) is 7.22. The van der Waals surface area contributed by atoms with Crippen LogP contribution in [-0.4, -0.2) is 31.7 Å². The van der Waals surface area contributed by atoms with Crippen LogP contribution < -0.4 is 5.32 Å². The Hall–Kier alpha value is -1.04. The third kappa shape index (κ3) is 3.25. The summed E-state index contributed by atoms with van der Waals surface area (Å²) in [5.41, 5.74) is 0.270. The van der Waals surface area contributed by atoms with E-state index in [9.17, 15) is 0 Å². The Balaban J connectivity index is 1.99. The standard InChI is InChI=1S/C12H21N5S/c1-12(2,3)9-5-6-18-11(15-9)13-7-10-16-14-8-17(10)4/h8-9H,5-7H2,1-4H3,(H,13,15). The molecule has 1 unspecified atom stereocenters. The topological polar surface area (TPSA) is 55.1 Å². The number of rotatable bonds is 2. The molecule has 0 aliphatic carbocycles. The minimum absolute atomic E-state index is 0.270. The van der Waals surface area contributed by atoms with Crippen molar-refractivity contribution in [3.05, 3.63) is 12.2 Å². The van der Waals surface area contributed by atoms with Gasteiger partial charge in [0, 0.05) is 18.8 Å². The van der Waals surface area contributed by atoms with E-state index < -0.39 is 0 Å². The second-order valence-corrected chi connectivity index (χ2v) is 6.76. The molecule has 1 aliphatic rings. The van der Waals surface area contributed by atoms with Gasteiger partial charge in [-0.15, -0.1) is 10.2 Å². The van der Waals surface area contributed by atoms with Gasteiger partial charge in [-0.1, -0.05) is 32.5 Å². The molecule has 1 fully saturated rings. The van der Waals surface area contributed by atoms with E-state index >= 15 is 0 Å². The summed E-state index contributed by atoms with van der Waals surface area (Å²) in [5, 5.41) is 12.5. The van der Waals surface area contributed by atoms with Gasteiger partial charge < -0.3 is 9.88 Å². The molecule has 0 spiro atoms. The van der Waals surface area contributed by atoms with Crippen molar-refractivity contribution in [1.29, 1.82) is 0 Å². The molecule has 1 saturated heterocycles. The Morgan fingerprint density at radius 1 is 1.56 bits per heavy atom. The number of amidine groups is 1. The normalized spacial score (nSPS) is 23.1. The Labute approximate surface area is 112 Å². The number of aliphatic imine (C=N–C) groups is 1. The number of nitrogens with zero attached hydrogens (tertiary/aromatic N) is 4. The van der Waals surface area contributed by atoms with E-state index in [-0.39, 0.29) is 5.41 Å². The van der Waals surface area contributed by atoms with Gasteiger partial charge in [0.1, 0.15) is 12.9 Å². The Morgan fingerprint density at radius 3 is 2.94 bits per heavy atom. The average Bonchev–Trinajstić information content (AvgIpc) is 2.72. The van der Waals surface area contributed by atoms with E-state index in [1.807, 2.05) is 11.6 Å². The van der Waals surface area contributed by atoms with Crippen molar-refractivity contribution >= 4 is 16.9 Å². The summed E-state index contributed by atoms with van der Waals surface area (Å²) in [4.78, 5) is 4.60. The van der Waals surface area contributed by atoms with Crippen LogP contribution in [0.2, 0.25) is 0 Å². The highest BCUT2D eigenvalue weighted by molar-refractivity contribution is 8.13. The summed E-state index contributed by atoms with van der Waals surface area (Å²) in [6.07, 6.45) is 2.89. The molecule has 0 bridgehead atoms. The summed E-state index contributed by atoms with van der Waals surface area (Å²) in [5.74, 6) is 2.02. The Morgan fingerprint density at radius 2 is 2.33 bits per heavy atom. The van der Waals surface area contributed by atoms with Gasteiger partial charge in [0.25, 0.3) is 0 Å². The highest BCUT2D eigenvalue weighted by Crippen LogP contribution is 2.27. The molecule has 18 heavy (non-hydrogen) atoms. The molecule has 0 aromatic carbocycles. The molecule has 1 aliphatic heterocycles. The van der Waals surface area contributed by atoms with Crippen LogP contribution in [-0.2, 0) is 13.6 Å². The molecule has 0 amide bonds. The Bertz CT molecular complexity index is 432. The third-order valence-electron chi connectivity index (χ3n) is 3.16. The summed E-state index contributed by atoms with van der Waals surface area (Å²) < 4.78 is 1.90. The van der Waals surface area contributed by atoms with Gasteiger partial charge in [0.05, 0.1) is 0 Å². The molecular formula is C12H21N5S. The lowest BCUT2D eigenvalue weighted by molar-refractivity contribution is 0.290. The fourth-order valence-corrected chi connectivity index (χ4v) is 2.80. The van der Waals surface area contributed by atoms with E-state index in [4.69, 9.17) is 0 Å². The second kappa shape index (κ2) is 5.30. The SMILES string of the molecule is Cn1cnnc1CN=C1NC(C(C)(C)C)CCS1. The largest absolute Gasteiger partial charge is 0.362 e. The van der Waals surface area contributed by atoms with Gasteiger partial charge in [-0.3, -0.25) is 4.99 Å². The highest BCUT2D eigenvalue weighted by atomic mass is 32.2. The molecule has 6 heteroatoms. The lowest BCUT2D eigenvalue weighted by atomic mass is 9.85. The van der Waals surface area contributed by atoms with E-state index in [1.165, 1.54) is 6.42 Å². The maximum absolute atomic E-state index is 4.60. The van der Waals surface area contributed by atoms with Gasteiger partial charge in [-0.2, -0.15) is 0 Å². The quantitative estimate of drug-likeness (QED) is 0.888. The number of hydrogen-bond donors (Lipinski definition) is 1. The van der Waals surface area contributed by atoms with E-state index in [2.05, 4.69) is 41.3 Å². The molecule has 1 atom stereocenters. The van der Waals surface area contributed by atoms with Crippen molar-refractivity contribution in [1.82, 2.24) is 20.1 Å². The lowest BCUT2D eigenvalue weighted by Crippen LogP contribution is -2.46. The molecule has 1 aromatic rings. The van der Waals surface area contributed by atoms with Crippen LogP contribution in [0, 0.1) is 5.41 Å². The summed E-state index contributed by atoms with van der Waals surface area (Å²) in [7, 11) is 1.94. The van der Waals surface area contributed by atoms with Gasteiger partial charge >= 0.3 is 0 Å². The molecule has 100 valence electrons. The van der Waals surface area contributed by atoms with E-state index in [0.29, 0.717) is 12.6 Å². The molecule has 0 saturated carbocycles. The smallest absolute Gasteiger partial charge is 0.157 e. The fraction of sp³-hybridized carbons (Fsp3) is 0.750. The molecule has 2 rings (SSSR count). The number of hydrogen-bond acceptors (Lipinski definition) is 4. The lowest BCUT2D eigenvalue weighted by Gasteiger charge is -2.35. The second-order valence-electron chi connectivity index (χ2n) is 5.68. The number of aromatic nitrogens is 3. The van der Waals surface area contributed by atoms with Crippen LogP contribution in [0.5, 0.6) is 0 Å². The summed E-state index contributed by atoms with van der Waals surface area (Å²) >= 11 is 1.79. The predicted molar refractivity (Wildman–Crippen MR) is 75.6 cm³/mol. The zero-order chi connectivity index (χ0) is 13.2. The molecule has 2 heterocycles. The summed E-state index contributed by atoms with van der Waals surface area (Å²) in [6.45, 7) is 7.38.